The number of nitrogens with one attached hydrogen (secondary N) is 2. The lowest BCUT2D eigenvalue weighted by Gasteiger charge is -2.32. The first-order valence-electron chi connectivity index (χ1n) is 11.9. The molecule has 2 saturated heterocycles. The third-order valence-corrected chi connectivity index (χ3v) is 7.12. The molecule has 34 heavy (non-hydrogen) atoms. The number of H-pyrrole nitrogens is 1. The number of amides is 2. The number of hydrogen-bond donors (Lipinski definition) is 2. The van der Waals surface area contributed by atoms with E-state index in [0.29, 0.717) is 38.2 Å². The summed E-state index contributed by atoms with van der Waals surface area (Å²) in [6.07, 6.45) is 7.06. The van der Waals surface area contributed by atoms with E-state index in [1.165, 1.54) is 5.56 Å². The molecule has 1 unspecified atom stereocenters. The lowest BCUT2D eigenvalue weighted by molar-refractivity contribution is -0.135. The molecule has 1 aromatic carbocycles. The molecule has 0 spiro atoms. The van der Waals surface area contributed by atoms with E-state index < -0.39 is 6.04 Å². The Hall–Kier alpha value is -3.69. The molecule has 3 aromatic rings. The van der Waals surface area contributed by atoms with Crippen molar-refractivity contribution < 1.29 is 14.3 Å². The van der Waals surface area contributed by atoms with Gasteiger partial charge >= 0.3 is 0 Å². The Balaban J connectivity index is 1.18. The van der Waals surface area contributed by atoms with Crippen molar-refractivity contribution in [3.8, 4) is 5.75 Å². The van der Waals surface area contributed by atoms with Crippen LogP contribution in [0.2, 0.25) is 0 Å². The van der Waals surface area contributed by atoms with Crippen molar-refractivity contribution in [1.82, 2.24) is 30.2 Å². The quantitative estimate of drug-likeness (QED) is 0.592. The standard InChI is InChI=1S/C24H27N7O3/c32-20-7-6-18(29-20)24(33)30-10-8-15-3-1-5-19(17(15)11-30)34-12-16-4-2-9-31(16)23-21-22(26-13-25-21)27-14-28-23/h1,3,5,13-14,16,18H,2,4,6-12H2,(H,29,32)(H,25,26,27,28)/t16-,18?/m1/s1. The van der Waals surface area contributed by atoms with E-state index in [4.69, 9.17) is 4.74 Å². The van der Waals surface area contributed by atoms with Crippen LogP contribution in [0.5, 0.6) is 5.75 Å². The second-order valence-electron chi connectivity index (χ2n) is 9.16. The lowest BCUT2D eigenvalue weighted by atomic mass is 9.98. The van der Waals surface area contributed by atoms with Crippen LogP contribution in [-0.2, 0) is 22.6 Å². The van der Waals surface area contributed by atoms with Gasteiger partial charge in [0, 0.05) is 31.6 Å². The molecule has 2 atom stereocenters. The molecular formula is C24H27N7O3. The number of benzene rings is 1. The first kappa shape index (κ1) is 20.9. The first-order valence-corrected chi connectivity index (χ1v) is 11.9. The van der Waals surface area contributed by atoms with Crippen molar-refractivity contribution in [2.75, 3.05) is 24.6 Å². The van der Waals surface area contributed by atoms with Crippen LogP contribution in [0, 0.1) is 0 Å². The predicted molar refractivity (Wildman–Crippen MR) is 124 cm³/mol. The Labute approximate surface area is 196 Å². The highest BCUT2D eigenvalue weighted by Crippen LogP contribution is 2.32. The Morgan fingerprint density at radius 3 is 2.97 bits per heavy atom. The van der Waals surface area contributed by atoms with Crippen molar-refractivity contribution >= 4 is 28.8 Å². The number of hydrogen-bond acceptors (Lipinski definition) is 7. The number of aromatic amines is 1. The van der Waals surface area contributed by atoms with Crippen molar-refractivity contribution in [2.24, 2.45) is 0 Å². The average molecular weight is 462 g/mol. The van der Waals surface area contributed by atoms with Crippen molar-refractivity contribution in [1.29, 1.82) is 0 Å². The summed E-state index contributed by atoms with van der Waals surface area (Å²) in [6, 6.07) is 5.90. The minimum atomic E-state index is -0.402. The van der Waals surface area contributed by atoms with Crippen LogP contribution in [-0.4, -0.2) is 68.4 Å². The maximum absolute atomic E-state index is 13.0. The fraction of sp³-hybridized carbons (Fsp3) is 0.458. The Kier molecular flexibility index (Phi) is 5.27. The summed E-state index contributed by atoms with van der Waals surface area (Å²) in [5.41, 5.74) is 3.79. The van der Waals surface area contributed by atoms with Crippen molar-refractivity contribution in [3.63, 3.8) is 0 Å². The number of nitrogens with zero attached hydrogens (tertiary/aromatic N) is 5. The van der Waals surface area contributed by atoms with Gasteiger partial charge in [-0.05, 0) is 37.3 Å². The average Bonchev–Trinajstić information content (AvgIpc) is 3.62. The van der Waals surface area contributed by atoms with E-state index in [0.717, 1.165) is 48.5 Å². The molecule has 176 valence electrons. The van der Waals surface area contributed by atoms with Gasteiger partial charge < -0.3 is 24.8 Å². The first-order chi connectivity index (χ1) is 16.7. The van der Waals surface area contributed by atoms with Gasteiger partial charge in [-0.3, -0.25) is 9.59 Å². The molecule has 2 aromatic heterocycles. The molecule has 10 heteroatoms. The molecule has 0 radical (unpaired) electrons. The molecule has 0 aliphatic carbocycles. The van der Waals surface area contributed by atoms with Gasteiger partial charge in [-0.15, -0.1) is 0 Å². The normalized spacial score (nSPS) is 22.2. The Morgan fingerprint density at radius 2 is 2.09 bits per heavy atom. The second-order valence-corrected chi connectivity index (χ2v) is 9.16. The fourth-order valence-corrected chi connectivity index (χ4v) is 5.34. The molecular weight excluding hydrogens is 434 g/mol. The zero-order valence-electron chi connectivity index (χ0n) is 18.9. The van der Waals surface area contributed by atoms with Crippen LogP contribution in [0.1, 0.15) is 36.8 Å². The van der Waals surface area contributed by atoms with E-state index in [2.05, 4.69) is 36.2 Å². The fourth-order valence-electron chi connectivity index (χ4n) is 5.34. The van der Waals surface area contributed by atoms with Gasteiger partial charge in [-0.1, -0.05) is 12.1 Å². The predicted octanol–water partition coefficient (Wildman–Crippen LogP) is 1.56. The van der Waals surface area contributed by atoms with Gasteiger partial charge in [0.15, 0.2) is 11.5 Å². The number of carbonyl (C=O) groups excluding carboxylic acids is 2. The van der Waals surface area contributed by atoms with E-state index in [-0.39, 0.29) is 17.9 Å². The highest BCUT2D eigenvalue weighted by atomic mass is 16.5. The topological polar surface area (TPSA) is 116 Å². The van der Waals surface area contributed by atoms with Gasteiger partial charge in [0.25, 0.3) is 0 Å². The van der Waals surface area contributed by atoms with Gasteiger partial charge in [-0.2, -0.15) is 0 Å². The maximum atomic E-state index is 13.0. The van der Waals surface area contributed by atoms with Crippen LogP contribution in [0.4, 0.5) is 5.82 Å². The number of imidazole rings is 1. The molecule has 0 bridgehead atoms. The number of rotatable bonds is 5. The summed E-state index contributed by atoms with van der Waals surface area (Å²) in [6.45, 7) is 2.60. The van der Waals surface area contributed by atoms with E-state index in [9.17, 15) is 9.59 Å². The summed E-state index contributed by atoms with van der Waals surface area (Å²) in [5.74, 6) is 1.64. The third kappa shape index (κ3) is 3.72. The van der Waals surface area contributed by atoms with E-state index in [1.807, 2.05) is 17.0 Å². The van der Waals surface area contributed by atoms with Gasteiger partial charge in [0.05, 0.1) is 12.4 Å². The SMILES string of the molecule is O=C1CCC(C(=O)N2CCc3cccc(OC[C@H]4CCCN4c4ncnc5nc[nH]c45)c3C2)N1. The summed E-state index contributed by atoms with van der Waals surface area (Å²) in [5, 5.41) is 2.80. The second kappa shape index (κ2) is 8.58. The molecule has 0 saturated carbocycles. The summed E-state index contributed by atoms with van der Waals surface area (Å²) < 4.78 is 6.39. The zero-order chi connectivity index (χ0) is 23.1. The van der Waals surface area contributed by atoms with Crippen molar-refractivity contribution in [2.45, 2.75) is 50.7 Å². The molecule has 2 N–H and O–H groups in total. The summed E-state index contributed by atoms with van der Waals surface area (Å²) >= 11 is 0. The Bertz CT molecular complexity index is 1240. The third-order valence-electron chi connectivity index (χ3n) is 7.12. The Morgan fingerprint density at radius 1 is 1.15 bits per heavy atom. The molecule has 2 fully saturated rings. The van der Waals surface area contributed by atoms with Crippen LogP contribution in [0.3, 0.4) is 0 Å². The summed E-state index contributed by atoms with van der Waals surface area (Å²) in [7, 11) is 0. The number of fused-ring (bicyclic) bond motifs is 2. The van der Waals surface area contributed by atoms with Crippen molar-refractivity contribution in [3.05, 3.63) is 42.0 Å². The highest BCUT2D eigenvalue weighted by Gasteiger charge is 2.33. The highest BCUT2D eigenvalue weighted by molar-refractivity contribution is 5.91. The molecule has 6 rings (SSSR count). The largest absolute Gasteiger partial charge is 0.491 e. The van der Waals surface area contributed by atoms with E-state index >= 15 is 0 Å². The van der Waals surface area contributed by atoms with Crippen LogP contribution < -0.4 is 15.0 Å². The van der Waals surface area contributed by atoms with Crippen LogP contribution in [0.25, 0.3) is 11.2 Å². The van der Waals surface area contributed by atoms with E-state index in [1.54, 1.807) is 12.7 Å². The zero-order valence-corrected chi connectivity index (χ0v) is 18.9. The monoisotopic (exact) mass is 461 g/mol. The lowest BCUT2D eigenvalue weighted by Crippen LogP contribution is -2.46. The minimum Gasteiger partial charge on any atom is -0.491 e. The number of carbonyl (C=O) groups is 2. The molecule has 5 heterocycles. The van der Waals surface area contributed by atoms with Crippen LogP contribution in [0.15, 0.2) is 30.9 Å². The van der Waals surface area contributed by atoms with Gasteiger partial charge in [0.2, 0.25) is 11.8 Å². The number of aromatic nitrogens is 4. The van der Waals surface area contributed by atoms with Crippen LogP contribution >= 0.6 is 0 Å². The van der Waals surface area contributed by atoms with Gasteiger partial charge in [0.1, 0.15) is 30.2 Å². The summed E-state index contributed by atoms with van der Waals surface area (Å²) in [4.78, 5) is 44.8. The molecule has 10 nitrogen and oxygen atoms in total. The molecule has 3 aliphatic heterocycles. The molecule has 2 amide bonds. The molecule has 3 aliphatic rings. The number of ether oxygens (including phenoxy) is 1. The number of anilines is 1. The maximum Gasteiger partial charge on any atom is 0.245 e. The smallest absolute Gasteiger partial charge is 0.245 e. The minimum absolute atomic E-state index is 0.000562. The van der Waals surface area contributed by atoms with Gasteiger partial charge in [-0.25, -0.2) is 15.0 Å².